The third-order valence-electron chi connectivity index (χ3n) is 3.95. The highest BCUT2D eigenvalue weighted by atomic mass is 28.4. The van der Waals surface area contributed by atoms with Crippen LogP contribution in [0.4, 0.5) is 0 Å². The zero-order chi connectivity index (χ0) is 19.3. The van der Waals surface area contributed by atoms with Crippen molar-refractivity contribution in [3.63, 3.8) is 0 Å². The first-order valence-corrected chi connectivity index (χ1v) is 14.1. The van der Waals surface area contributed by atoms with Crippen LogP contribution in [0.3, 0.4) is 0 Å². The van der Waals surface area contributed by atoms with E-state index in [0.29, 0.717) is 58.0 Å². The molecule has 1 aliphatic rings. The van der Waals surface area contributed by atoms with Gasteiger partial charge in [0.25, 0.3) is 0 Å². The first kappa shape index (κ1) is 24.2. The predicted molar refractivity (Wildman–Crippen MR) is 104 cm³/mol. The summed E-state index contributed by atoms with van der Waals surface area (Å²) in [6.07, 6.45) is 1.18. The van der Waals surface area contributed by atoms with Crippen LogP contribution in [0, 0.1) is 0 Å². The molecule has 0 aromatic heterocycles. The lowest BCUT2D eigenvalue weighted by Gasteiger charge is -2.37. The topological polar surface area (TPSA) is 67.9 Å². The zero-order valence-electron chi connectivity index (χ0n) is 17.2. The van der Waals surface area contributed by atoms with E-state index in [2.05, 4.69) is 0 Å². The highest BCUT2D eigenvalue weighted by Gasteiger charge is 2.53. The van der Waals surface area contributed by atoms with E-state index in [1.165, 1.54) is 0 Å². The van der Waals surface area contributed by atoms with Crippen LogP contribution in [0.5, 0.6) is 0 Å². The molecule has 1 atom stereocenters. The van der Waals surface area contributed by atoms with Gasteiger partial charge in [0.1, 0.15) is 6.10 Å². The fourth-order valence-corrected chi connectivity index (χ4v) is 12.1. The van der Waals surface area contributed by atoms with Crippen molar-refractivity contribution in [1.82, 2.24) is 0 Å². The van der Waals surface area contributed by atoms with Gasteiger partial charge in [0.2, 0.25) is 0 Å². The summed E-state index contributed by atoms with van der Waals surface area (Å²) in [5.41, 5.74) is 0.614. The van der Waals surface area contributed by atoms with Crippen molar-refractivity contribution in [2.24, 2.45) is 0 Å². The van der Waals surface area contributed by atoms with Gasteiger partial charge in [-0.25, -0.2) is 0 Å². The van der Waals surface area contributed by atoms with Crippen LogP contribution < -0.4 is 0 Å². The van der Waals surface area contributed by atoms with Gasteiger partial charge in [0, 0.05) is 39.6 Å². The number of hydrogen-bond acceptors (Lipinski definition) is 7. The molecule has 156 valence electrons. The maximum atomic E-state index is 6.24. The van der Waals surface area contributed by atoms with E-state index in [-0.39, 0.29) is 0 Å². The highest BCUT2D eigenvalue weighted by molar-refractivity contribution is 6.83. The van der Waals surface area contributed by atoms with E-state index < -0.39 is 17.4 Å². The average molecular weight is 411 g/mol. The monoisotopic (exact) mass is 410 g/mol. The molecule has 9 heteroatoms. The highest BCUT2D eigenvalue weighted by Crippen LogP contribution is 2.30. The van der Waals surface area contributed by atoms with Crippen LogP contribution in [0.25, 0.3) is 0 Å². The van der Waals surface area contributed by atoms with E-state index in [1.54, 1.807) is 0 Å². The molecule has 1 saturated heterocycles. The molecule has 0 aliphatic carbocycles. The number of epoxide rings is 1. The molecule has 0 bridgehead atoms. The lowest BCUT2D eigenvalue weighted by atomic mass is 10.5. The van der Waals surface area contributed by atoms with Crippen LogP contribution in [-0.4, -0.2) is 76.3 Å². The largest absolute Gasteiger partial charge is 0.502 e. The normalized spacial score (nSPS) is 17.7. The summed E-state index contributed by atoms with van der Waals surface area (Å²) in [4.78, 5) is 0. The van der Waals surface area contributed by atoms with Gasteiger partial charge in [-0.1, -0.05) is 0 Å². The first-order chi connectivity index (χ1) is 12.6. The van der Waals surface area contributed by atoms with Crippen molar-refractivity contribution in [2.45, 2.75) is 58.9 Å². The van der Waals surface area contributed by atoms with E-state index in [0.717, 1.165) is 19.1 Å². The van der Waals surface area contributed by atoms with Crippen LogP contribution in [0.1, 0.15) is 41.0 Å². The van der Waals surface area contributed by atoms with Gasteiger partial charge in [0.15, 0.2) is 0 Å². The molecule has 0 N–H and O–H groups in total. The molecule has 1 fully saturated rings. The molecule has 26 heavy (non-hydrogen) atoms. The summed E-state index contributed by atoms with van der Waals surface area (Å²) >= 11 is 0. The molecular formula is C17H38O7Si2. The minimum atomic E-state index is -2.83. The summed E-state index contributed by atoms with van der Waals surface area (Å²) in [5.74, 6) is 0. The van der Waals surface area contributed by atoms with Gasteiger partial charge < -0.3 is 31.6 Å². The Bertz CT molecular complexity index is 333. The molecule has 0 saturated carbocycles. The molecular weight excluding hydrogens is 372 g/mol. The van der Waals surface area contributed by atoms with Gasteiger partial charge in [-0.15, -0.1) is 0 Å². The van der Waals surface area contributed by atoms with Crippen LogP contribution in [0.15, 0.2) is 0 Å². The van der Waals surface area contributed by atoms with Crippen molar-refractivity contribution in [3.8, 4) is 0 Å². The van der Waals surface area contributed by atoms with Gasteiger partial charge >= 0.3 is 17.4 Å². The lowest BCUT2D eigenvalue weighted by molar-refractivity contribution is 0.0695. The molecule has 1 rings (SSSR count). The van der Waals surface area contributed by atoms with Crippen molar-refractivity contribution in [1.29, 1.82) is 0 Å². The lowest BCUT2D eigenvalue weighted by Crippen LogP contribution is -2.57. The van der Waals surface area contributed by atoms with Gasteiger partial charge in [0.05, 0.1) is 18.9 Å². The van der Waals surface area contributed by atoms with Gasteiger partial charge in [-0.2, -0.15) is 0 Å². The van der Waals surface area contributed by atoms with Crippen molar-refractivity contribution in [3.05, 3.63) is 0 Å². The quantitative estimate of drug-likeness (QED) is 0.195. The SMILES string of the molecule is CCO[Si](CCCOCC1CO1)(C[Si](OCC)(OCC)OCC)OCC. The molecule has 0 aromatic carbocycles. The van der Waals surface area contributed by atoms with E-state index >= 15 is 0 Å². The zero-order valence-corrected chi connectivity index (χ0v) is 19.2. The Hall–Kier alpha value is 0.154. The van der Waals surface area contributed by atoms with Crippen molar-refractivity contribution in [2.75, 3.05) is 52.9 Å². The number of ether oxygens (including phenoxy) is 2. The Morgan fingerprint density at radius 3 is 1.73 bits per heavy atom. The molecule has 1 heterocycles. The molecule has 1 unspecified atom stereocenters. The smallest absolute Gasteiger partial charge is 0.395 e. The summed E-state index contributed by atoms with van der Waals surface area (Å²) in [6.45, 7) is 15.0. The molecule has 0 radical (unpaired) electrons. The molecule has 7 nitrogen and oxygen atoms in total. The predicted octanol–water partition coefficient (Wildman–Crippen LogP) is 2.89. The summed E-state index contributed by atoms with van der Waals surface area (Å²) in [7, 11) is -5.36. The van der Waals surface area contributed by atoms with E-state index in [4.69, 9.17) is 31.6 Å². The third-order valence-corrected chi connectivity index (χ3v) is 12.8. The second-order valence-corrected chi connectivity index (χ2v) is 12.6. The van der Waals surface area contributed by atoms with E-state index in [1.807, 2.05) is 34.6 Å². The second kappa shape index (κ2) is 13.4. The maximum Gasteiger partial charge on any atom is 0.502 e. The minimum Gasteiger partial charge on any atom is -0.395 e. The first-order valence-electron chi connectivity index (χ1n) is 9.98. The Labute approximate surface area is 161 Å². The summed E-state index contributed by atoms with van der Waals surface area (Å²) < 4.78 is 41.5. The number of hydrogen-bond donors (Lipinski definition) is 0. The fourth-order valence-electron chi connectivity index (χ4n) is 2.99. The number of rotatable bonds is 18. The van der Waals surface area contributed by atoms with Gasteiger partial charge in [-0.3, -0.25) is 0 Å². The Morgan fingerprint density at radius 2 is 1.31 bits per heavy atom. The van der Waals surface area contributed by atoms with Crippen LogP contribution in [0.2, 0.25) is 11.7 Å². The molecule has 1 aliphatic heterocycles. The van der Waals surface area contributed by atoms with Crippen LogP contribution in [-0.2, 0) is 31.6 Å². The Kier molecular flexibility index (Phi) is 12.4. The Morgan fingerprint density at radius 1 is 0.808 bits per heavy atom. The Balaban J connectivity index is 2.76. The average Bonchev–Trinajstić information content (AvgIpc) is 3.40. The van der Waals surface area contributed by atoms with Crippen molar-refractivity contribution < 1.29 is 31.6 Å². The van der Waals surface area contributed by atoms with Gasteiger partial charge in [-0.05, 0) is 47.1 Å². The fraction of sp³-hybridized carbons (Fsp3) is 1.00. The third kappa shape index (κ3) is 8.90. The standard InChI is InChI=1S/C17H38O7Si2/c1-6-20-25(21-7-2,13-11-12-18-14-17-15-19-17)16-26(22-8-3,23-9-4)24-10-5/h17H,6-16H2,1-5H3. The van der Waals surface area contributed by atoms with E-state index in [9.17, 15) is 0 Å². The summed E-state index contributed by atoms with van der Waals surface area (Å²) in [5, 5.41) is 0. The minimum absolute atomic E-state index is 0.296. The molecule has 0 aromatic rings. The second-order valence-electron chi connectivity index (χ2n) is 6.07. The summed E-state index contributed by atoms with van der Waals surface area (Å²) in [6, 6.07) is 0.835. The van der Waals surface area contributed by atoms with Crippen LogP contribution >= 0.6 is 0 Å². The molecule has 0 spiro atoms. The molecule has 0 amide bonds. The van der Waals surface area contributed by atoms with Crippen molar-refractivity contribution >= 4 is 17.4 Å². The maximum absolute atomic E-state index is 6.24.